The van der Waals surface area contributed by atoms with Crippen molar-refractivity contribution in [2.24, 2.45) is 5.92 Å². The van der Waals surface area contributed by atoms with Gasteiger partial charge < -0.3 is 15.8 Å². The molecule has 3 rings (SSSR count). The van der Waals surface area contributed by atoms with Crippen molar-refractivity contribution in [2.75, 3.05) is 23.1 Å². The highest BCUT2D eigenvalue weighted by Gasteiger charge is 2.31. The smallest absolute Gasteiger partial charge is 0.414 e. The maximum Gasteiger partial charge on any atom is 0.414 e. The van der Waals surface area contributed by atoms with E-state index in [1.165, 1.54) is 7.11 Å². The number of carbonyl (C=O) groups excluding carboxylic acids is 1. The van der Waals surface area contributed by atoms with Crippen LogP contribution in [0.1, 0.15) is 44.6 Å². The van der Waals surface area contributed by atoms with Crippen LogP contribution < -0.4 is 16.0 Å². The predicted molar refractivity (Wildman–Crippen MR) is 98.5 cm³/mol. The second-order valence-corrected chi connectivity index (χ2v) is 7.09. The van der Waals surface area contributed by atoms with Gasteiger partial charge in [0.05, 0.1) is 30.2 Å². The number of anilines is 3. The van der Waals surface area contributed by atoms with Crippen LogP contribution in [0.4, 0.5) is 21.9 Å². The molecule has 3 N–H and O–H groups in total. The zero-order valence-electron chi connectivity index (χ0n) is 14.9. The van der Waals surface area contributed by atoms with E-state index < -0.39 is 0 Å². The summed E-state index contributed by atoms with van der Waals surface area (Å²) in [6.07, 6.45) is 5.32. The Hall–Kier alpha value is -2.42. The zero-order chi connectivity index (χ0) is 18.0. The van der Waals surface area contributed by atoms with Gasteiger partial charge >= 0.3 is 6.09 Å². The van der Waals surface area contributed by atoms with Gasteiger partial charge in [-0.2, -0.15) is 5.26 Å². The summed E-state index contributed by atoms with van der Waals surface area (Å²) < 4.78 is 4.93. The van der Waals surface area contributed by atoms with Crippen LogP contribution in [0.5, 0.6) is 0 Å². The van der Waals surface area contributed by atoms with Gasteiger partial charge in [-0.3, -0.25) is 4.90 Å². The van der Waals surface area contributed by atoms with Crippen molar-refractivity contribution in [1.29, 1.82) is 5.26 Å². The molecule has 1 fully saturated rings. The highest BCUT2D eigenvalue weighted by molar-refractivity contribution is 5.93. The van der Waals surface area contributed by atoms with Crippen molar-refractivity contribution < 1.29 is 9.53 Å². The van der Waals surface area contributed by atoms with Crippen molar-refractivity contribution in [3.63, 3.8) is 0 Å². The summed E-state index contributed by atoms with van der Waals surface area (Å²) in [5.41, 5.74) is 9.88. The van der Waals surface area contributed by atoms with Gasteiger partial charge in [-0.15, -0.1) is 0 Å². The van der Waals surface area contributed by atoms with E-state index in [-0.39, 0.29) is 24.1 Å². The van der Waals surface area contributed by atoms with Gasteiger partial charge in [0.1, 0.15) is 0 Å². The molecule has 0 spiro atoms. The number of carbonyl (C=O) groups is 1. The van der Waals surface area contributed by atoms with Gasteiger partial charge in [0.15, 0.2) is 0 Å². The van der Waals surface area contributed by atoms with Crippen LogP contribution in [-0.2, 0) is 11.2 Å². The number of amides is 1. The SMILES string of the molecule is COC(=O)N1c2ccc(N[C@@H]3CCC[C@H](C#N)C3)c(N)c2CC[C@@H]1C. The number of benzene rings is 1. The molecule has 0 unspecified atom stereocenters. The number of methoxy groups -OCH3 is 1. The highest BCUT2D eigenvalue weighted by Crippen LogP contribution is 2.39. The van der Waals surface area contributed by atoms with E-state index >= 15 is 0 Å². The molecule has 134 valence electrons. The number of rotatable bonds is 2. The molecule has 3 atom stereocenters. The standard InChI is InChI=1S/C19H26N4O2/c1-12-6-7-15-17(23(12)19(24)25-2)9-8-16(18(15)21)22-14-5-3-4-13(10-14)11-20/h8-9,12-14,22H,3-7,10,21H2,1-2H3/t12-,13-,14+/m0/s1. The van der Waals surface area contributed by atoms with Gasteiger partial charge in [-0.05, 0) is 51.2 Å². The van der Waals surface area contributed by atoms with E-state index in [1.807, 2.05) is 19.1 Å². The molecule has 1 aromatic rings. The number of nitriles is 1. The van der Waals surface area contributed by atoms with Crippen LogP contribution in [0.3, 0.4) is 0 Å². The van der Waals surface area contributed by atoms with Crippen LogP contribution in [0.15, 0.2) is 12.1 Å². The van der Waals surface area contributed by atoms with Gasteiger partial charge in [-0.25, -0.2) is 4.79 Å². The Morgan fingerprint density at radius 2 is 2.20 bits per heavy atom. The molecule has 0 saturated heterocycles. The summed E-state index contributed by atoms with van der Waals surface area (Å²) in [5, 5.41) is 12.7. The second kappa shape index (κ2) is 7.22. The van der Waals surface area contributed by atoms with Crippen molar-refractivity contribution >= 4 is 23.2 Å². The van der Waals surface area contributed by atoms with E-state index in [0.717, 1.165) is 55.5 Å². The molecular weight excluding hydrogens is 316 g/mol. The number of hydrogen-bond acceptors (Lipinski definition) is 5. The quantitative estimate of drug-likeness (QED) is 0.800. The lowest BCUT2D eigenvalue weighted by atomic mass is 9.86. The summed E-state index contributed by atoms with van der Waals surface area (Å²) in [6.45, 7) is 2.02. The van der Waals surface area contributed by atoms with Crippen LogP contribution >= 0.6 is 0 Å². The van der Waals surface area contributed by atoms with Gasteiger partial charge in [0.2, 0.25) is 0 Å². The average molecular weight is 342 g/mol. The van der Waals surface area contributed by atoms with Crippen molar-refractivity contribution in [3.05, 3.63) is 17.7 Å². The summed E-state index contributed by atoms with van der Waals surface area (Å²) in [7, 11) is 1.40. The molecular formula is C19H26N4O2. The number of nitrogen functional groups attached to an aromatic ring is 1. The molecule has 2 aliphatic rings. The van der Waals surface area contributed by atoms with Crippen molar-refractivity contribution in [1.82, 2.24) is 0 Å². The Morgan fingerprint density at radius 3 is 2.92 bits per heavy atom. The minimum atomic E-state index is -0.349. The first-order valence-corrected chi connectivity index (χ1v) is 8.99. The predicted octanol–water partition coefficient (Wildman–Crippen LogP) is 3.67. The van der Waals surface area contributed by atoms with E-state index in [4.69, 9.17) is 15.7 Å². The van der Waals surface area contributed by atoms with Crippen LogP contribution in [-0.4, -0.2) is 25.3 Å². The lowest BCUT2D eigenvalue weighted by Crippen LogP contribution is -2.42. The summed E-state index contributed by atoms with van der Waals surface area (Å²) in [4.78, 5) is 13.8. The Kier molecular flexibility index (Phi) is 5.03. The third-order valence-corrected chi connectivity index (χ3v) is 5.43. The summed E-state index contributed by atoms with van der Waals surface area (Å²) >= 11 is 0. The third kappa shape index (κ3) is 3.37. The fraction of sp³-hybridized carbons (Fsp3) is 0.579. The number of nitrogens with zero attached hydrogens (tertiary/aromatic N) is 2. The molecule has 6 heteroatoms. The lowest BCUT2D eigenvalue weighted by Gasteiger charge is -2.35. The first kappa shape index (κ1) is 17.4. The Balaban J connectivity index is 1.85. The molecule has 0 aromatic heterocycles. The fourth-order valence-corrected chi connectivity index (χ4v) is 4.02. The fourth-order valence-electron chi connectivity index (χ4n) is 4.02. The van der Waals surface area contributed by atoms with Crippen LogP contribution in [0.25, 0.3) is 0 Å². The third-order valence-electron chi connectivity index (χ3n) is 5.43. The van der Waals surface area contributed by atoms with Gasteiger partial charge in [0.25, 0.3) is 0 Å². The van der Waals surface area contributed by atoms with E-state index in [0.29, 0.717) is 5.69 Å². The summed E-state index contributed by atoms with van der Waals surface area (Å²) in [5.74, 6) is 0.126. The highest BCUT2D eigenvalue weighted by atomic mass is 16.5. The minimum absolute atomic E-state index is 0.0906. The largest absolute Gasteiger partial charge is 0.452 e. The number of ether oxygens (including phenoxy) is 1. The van der Waals surface area contributed by atoms with Crippen molar-refractivity contribution in [2.45, 2.75) is 57.5 Å². The summed E-state index contributed by atoms with van der Waals surface area (Å²) in [6, 6.07) is 6.64. The number of fused-ring (bicyclic) bond motifs is 1. The van der Waals surface area contributed by atoms with E-state index in [2.05, 4.69) is 11.4 Å². The molecule has 1 aliphatic carbocycles. The maximum atomic E-state index is 12.1. The molecule has 6 nitrogen and oxygen atoms in total. The van der Waals surface area contributed by atoms with Crippen LogP contribution in [0, 0.1) is 17.2 Å². The zero-order valence-corrected chi connectivity index (χ0v) is 14.9. The van der Waals surface area contributed by atoms with Crippen molar-refractivity contribution in [3.8, 4) is 6.07 Å². The molecule has 0 radical (unpaired) electrons. The Morgan fingerprint density at radius 1 is 1.40 bits per heavy atom. The molecule has 1 amide bonds. The lowest BCUT2D eigenvalue weighted by molar-refractivity contribution is 0.175. The molecule has 25 heavy (non-hydrogen) atoms. The first-order chi connectivity index (χ1) is 12.0. The molecule has 1 saturated carbocycles. The minimum Gasteiger partial charge on any atom is -0.452 e. The second-order valence-electron chi connectivity index (χ2n) is 7.09. The first-order valence-electron chi connectivity index (χ1n) is 8.99. The number of nitrogens with two attached hydrogens (primary N) is 1. The average Bonchev–Trinajstić information content (AvgIpc) is 2.63. The molecule has 0 bridgehead atoms. The number of nitrogens with one attached hydrogen (secondary N) is 1. The van der Waals surface area contributed by atoms with Gasteiger partial charge in [-0.1, -0.05) is 6.42 Å². The normalized spacial score (nSPS) is 25.6. The van der Waals surface area contributed by atoms with Crippen LogP contribution in [0.2, 0.25) is 0 Å². The molecule has 1 aliphatic heterocycles. The molecule has 1 heterocycles. The Bertz CT molecular complexity index is 697. The number of hydrogen-bond donors (Lipinski definition) is 2. The molecule has 1 aromatic carbocycles. The maximum absolute atomic E-state index is 12.1. The van der Waals surface area contributed by atoms with E-state index in [9.17, 15) is 4.79 Å². The monoisotopic (exact) mass is 342 g/mol. The Labute approximate surface area is 148 Å². The van der Waals surface area contributed by atoms with E-state index in [1.54, 1.807) is 4.90 Å². The van der Waals surface area contributed by atoms with Gasteiger partial charge in [0, 0.05) is 23.6 Å². The topological polar surface area (TPSA) is 91.4 Å².